The van der Waals surface area contributed by atoms with Gasteiger partial charge in [-0.1, -0.05) is 12.1 Å². The zero-order valence-corrected chi connectivity index (χ0v) is 8.54. The lowest BCUT2D eigenvalue weighted by Crippen LogP contribution is -1.98. The Morgan fingerprint density at radius 2 is 2.00 bits per heavy atom. The number of fused-ring (bicyclic) bond motifs is 1. The maximum absolute atomic E-state index is 5.87. The average molecular weight is 210 g/mol. The van der Waals surface area contributed by atoms with Crippen LogP contribution in [0.4, 0.5) is 5.69 Å². The van der Waals surface area contributed by atoms with Gasteiger partial charge in [0.05, 0.1) is 11.7 Å². The van der Waals surface area contributed by atoms with Crippen molar-refractivity contribution in [3.8, 4) is 5.82 Å². The number of nitrogens with two attached hydrogens (primary N) is 1. The van der Waals surface area contributed by atoms with E-state index >= 15 is 0 Å². The van der Waals surface area contributed by atoms with E-state index in [1.54, 1.807) is 17.1 Å². The molecule has 0 bridgehead atoms. The molecule has 0 aliphatic carbocycles. The summed E-state index contributed by atoms with van der Waals surface area (Å²) in [5.74, 6) is 0.795. The molecule has 0 saturated heterocycles. The summed E-state index contributed by atoms with van der Waals surface area (Å²) in [6, 6.07) is 11.5. The quantitative estimate of drug-likeness (QED) is 0.625. The van der Waals surface area contributed by atoms with Gasteiger partial charge >= 0.3 is 0 Å². The number of hydrogen-bond donors (Lipinski definition) is 1. The molecule has 0 aliphatic heterocycles. The van der Waals surface area contributed by atoms with Gasteiger partial charge in [-0.05, 0) is 24.3 Å². The molecule has 2 aromatic heterocycles. The second-order valence-electron chi connectivity index (χ2n) is 3.52. The minimum atomic E-state index is 0.736. The van der Waals surface area contributed by atoms with Crippen LogP contribution >= 0.6 is 0 Å². The molecule has 2 N–H and O–H groups in total. The molecule has 3 rings (SSSR count). The first-order valence-electron chi connectivity index (χ1n) is 5.00. The van der Waals surface area contributed by atoms with E-state index < -0.39 is 0 Å². The smallest absolute Gasteiger partial charge is 0.153 e. The first kappa shape index (κ1) is 8.91. The molecule has 3 aromatic rings. The first-order valence-corrected chi connectivity index (χ1v) is 5.00. The first-order chi connectivity index (χ1) is 7.86. The highest BCUT2D eigenvalue weighted by Gasteiger charge is 2.06. The van der Waals surface area contributed by atoms with Crippen molar-refractivity contribution in [3.05, 3.63) is 48.8 Å². The predicted molar refractivity (Wildman–Crippen MR) is 63.3 cm³/mol. The van der Waals surface area contributed by atoms with Gasteiger partial charge in [-0.15, -0.1) is 0 Å². The lowest BCUT2D eigenvalue weighted by Gasteiger charge is -2.01. The van der Waals surface area contributed by atoms with Gasteiger partial charge in [0.2, 0.25) is 0 Å². The fourth-order valence-corrected chi connectivity index (χ4v) is 1.74. The van der Waals surface area contributed by atoms with Crippen molar-refractivity contribution in [1.29, 1.82) is 0 Å². The van der Waals surface area contributed by atoms with Gasteiger partial charge in [0.15, 0.2) is 5.82 Å². The summed E-state index contributed by atoms with van der Waals surface area (Å²) >= 11 is 0. The van der Waals surface area contributed by atoms with E-state index in [0.717, 1.165) is 22.4 Å². The van der Waals surface area contributed by atoms with Crippen LogP contribution in [0, 0.1) is 0 Å². The lowest BCUT2D eigenvalue weighted by atomic mass is 10.2. The van der Waals surface area contributed by atoms with Crippen LogP contribution in [0.2, 0.25) is 0 Å². The summed E-state index contributed by atoms with van der Waals surface area (Å²) in [4.78, 5) is 4.26. The summed E-state index contributed by atoms with van der Waals surface area (Å²) in [7, 11) is 0. The number of nitrogens with zero attached hydrogens (tertiary/aromatic N) is 3. The van der Waals surface area contributed by atoms with Crippen LogP contribution in [0.3, 0.4) is 0 Å². The molecule has 2 heterocycles. The summed E-state index contributed by atoms with van der Waals surface area (Å²) in [6.45, 7) is 0. The molecule has 0 aliphatic rings. The molecule has 1 aromatic carbocycles. The number of hydrogen-bond acceptors (Lipinski definition) is 3. The van der Waals surface area contributed by atoms with E-state index in [0.29, 0.717) is 0 Å². The Hall–Kier alpha value is -2.36. The third-order valence-corrected chi connectivity index (χ3v) is 2.51. The second kappa shape index (κ2) is 3.34. The van der Waals surface area contributed by atoms with E-state index in [9.17, 15) is 0 Å². The fourth-order valence-electron chi connectivity index (χ4n) is 1.74. The Balaban J connectivity index is 2.30. The fraction of sp³-hybridized carbons (Fsp3) is 0. The van der Waals surface area contributed by atoms with Crippen LogP contribution < -0.4 is 5.73 Å². The number of pyridine rings is 1. The molecule has 16 heavy (non-hydrogen) atoms. The largest absolute Gasteiger partial charge is 0.398 e. The molecule has 4 heteroatoms. The lowest BCUT2D eigenvalue weighted by molar-refractivity contribution is 0.875. The van der Waals surface area contributed by atoms with Gasteiger partial charge in [-0.25, -0.2) is 9.67 Å². The number of nitrogen functional groups attached to an aromatic ring is 1. The van der Waals surface area contributed by atoms with Gasteiger partial charge in [-0.3, -0.25) is 0 Å². The van der Waals surface area contributed by atoms with Gasteiger partial charge in [0, 0.05) is 17.3 Å². The van der Waals surface area contributed by atoms with Crippen LogP contribution in [0.25, 0.3) is 16.7 Å². The monoisotopic (exact) mass is 210 g/mol. The van der Waals surface area contributed by atoms with Crippen molar-refractivity contribution >= 4 is 16.6 Å². The Bertz CT molecular complexity index is 628. The molecule has 4 nitrogen and oxygen atoms in total. The SMILES string of the molecule is Nc1cccc2c1cnn2-c1ccccn1. The van der Waals surface area contributed by atoms with Gasteiger partial charge < -0.3 is 5.73 Å². The maximum atomic E-state index is 5.87. The topological polar surface area (TPSA) is 56.7 Å². The van der Waals surface area contributed by atoms with Crippen LogP contribution in [0.5, 0.6) is 0 Å². The normalized spacial score (nSPS) is 10.8. The van der Waals surface area contributed by atoms with Crippen molar-refractivity contribution in [1.82, 2.24) is 14.8 Å². The molecule has 0 spiro atoms. The zero-order valence-electron chi connectivity index (χ0n) is 8.54. The number of benzene rings is 1. The standard InChI is InChI=1S/C12H10N4/c13-10-4-3-5-11-9(10)8-15-16(11)12-6-1-2-7-14-12/h1-8H,13H2. The number of anilines is 1. The second-order valence-corrected chi connectivity index (χ2v) is 3.52. The molecule has 0 atom stereocenters. The van der Waals surface area contributed by atoms with Crippen LogP contribution in [-0.2, 0) is 0 Å². The van der Waals surface area contributed by atoms with E-state index in [1.807, 2.05) is 36.4 Å². The maximum Gasteiger partial charge on any atom is 0.153 e. The Kier molecular flexibility index (Phi) is 1.86. The summed E-state index contributed by atoms with van der Waals surface area (Å²) in [5, 5.41) is 5.25. The molecule has 0 fully saturated rings. The van der Waals surface area contributed by atoms with E-state index in [4.69, 9.17) is 5.73 Å². The summed E-state index contributed by atoms with van der Waals surface area (Å²) < 4.78 is 1.78. The average Bonchev–Trinajstić information content (AvgIpc) is 2.75. The molecular formula is C12H10N4. The van der Waals surface area contributed by atoms with Crippen LogP contribution in [0.15, 0.2) is 48.8 Å². The predicted octanol–water partition coefficient (Wildman–Crippen LogP) is 2.00. The van der Waals surface area contributed by atoms with Crippen molar-refractivity contribution in [3.63, 3.8) is 0 Å². The molecule has 0 radical (unpaired) electrons. The van der Waals surface area contributed by atoms with Crippen LogP contribution in [0.1, 0.15) is 0 Å². The van der Waals surface area contributed by atoms with Gasteiger partial charge in [0.1, 0.15) is 0 Å². The van der Waals surface area contributed by atoms with Gasteiger partial charge in [0.25, 0.3) is 0 Å². The Morgan fingerprint density at radius 1 is 1.06 bits per heavy atom. The van der Waals surface area contributed by atoms with E-state index in [2.05, 4.69) is 10.1 Å². The minimum Gasteiger partial charge on any atom is -0.398 e. The highest BCUT2D eigenvalue weighted by molar-refractivity contribution is 5.90. The Labute approximate surface area is 92.3 Å². The third-order valence-electron chi connectivity index (χ3n) is 2.51. The highest BCUT2D eigenvalue weighted by atomic mass is 15.3. The molecule has 0 saturated carbocycles. The molecular weight excluding hydrogens is 200 g/mol. The zero-order chi connectivity index (χ0) is 11.0. The summed E-state index contributed by atoms with van der Waals surface area (Å²) in [6.07, 6.45) is 3.51. The summed E-state index contributed by atoms with van der Waals surface area (Å²) in [5.41, 5.74) is 7.58. The van der Waals surface area contributed by atoms with Crippen molar-refractivity contribution in [2.24, 2.45) is 0 Å². The van der Waals surface area contributed by atoms with Crippen LogP contribution in [-0.4, -0.2) is 14.8 Å². The third kappa shape index (κ3) is 1.24. The van der Waals surface area contributed by atoms with Crippen molar-refractivity contribution in [2.75, 3.05) is 5.73 Å². The highest BCUT2D eigenvalue weighted by Crippen LogP contribution is 2.21. The van der Waals surface area contributed by atoms with E-state index in [-0.39, 0.29) is 0 Å². The number of aromatic nitrogens is 3. The molecule has 78 valence electrons. The van der Waals surface area contributed by atoms with E-state index in [1.165, 1.54) is 0 Å². The minimum absolute atomic E-state index is 0.736. The Morgan fingerprint density at radius 3 is 2.81 bits per heavy atom. The molecule has 0 unspecified atom stereocenters. The van der Waals surface area contributed by atoms with Crippen molar-refractivity contribution < 1.29 is 0 Å². The van der Waals surface area contributed by atoms with Crippen molar-refractivity contribution in [2.45, 2.75) is 0 Å². The number of rotatable bonds is 1. The molecule has 0 amide bonds. The van der Waals surface area contributed by atoms with Gasteiger partial charge in [-0.2, -0.15) is 5.10 Å².